The second-order valence-electron chi connectivity index (χ2n) is 6.25. The zero-order valence-electron chi connectivity index (χ0n) is 14.5. The van der Waals surface area contributed by atoms with Crippen LogP contribution in [-0.2, 0) is 35.6 Å². The Morgan fingerprint density at radius 2 is 2.19 bits per heavy atom. The van der Waals surface area contributed by atoms with Gasteiger partial charge in [0.1, 0.15) is 18.1 Å². The number of carbonyl (C=O) groups is 1. The molecule has 0 amide bonds. The Kier molecular flexibility index (Phi) is 4.53. The van der Waals surface area contributed by atoms with E-state index in [1.54, 1.807) is 6.26 Å². The molecular weight excluding hydrogens is 334 g/mol. The lowest BCUT2D eigenvalue weighted by Crippen LogP contribution is -2.30. The summed E-state index contributed by atoms with van der Waals surface area (Å²) in [7, 11) is 0. The van der Waals surface area contributed by atoms with E-state index in [2.05, 4.69) is 14.9 Å². The van der Waals surface area contributed by atoms with Crippen LogP contribution >= 0.6 is 0 Å². The number of hydrogen-bond acceptors (Lipinski definition) is 7. The maximum atomic E-state index is 10.9. The fourth-order valence-electron chi connectivity index (χ4n) is 3.01. The first-order valence-corrected chi connectivity index (χ1v) is 8.49. The SMILES string of the molecule is CC(=O)OCc1ccc(CN2CCc3nc(-c4ccco4)ncc3C2)o1. The van der Waals surface area contributed by atoms with Gasteiger partial charge in [-0.2, -0.15) is 0 Å². The molecule has 0 N–H and O–H groups in total. The third-order valence-electron chi connectivity index (χ3n) is 4.27. The maximum absolute atomic E-state index is 10.9. The average Bonchev–Trinajstić information content (AvgIpc) is 3.31. The summed E-state index contributed by atoms with van der Waals surface area (Å²) in [6.45, 7) is 3.91. The van der Waals surface area contributed by atoms with E-state index < -0.39 is 0 Å². The fraction of sp³-hybridized carbons (Fsp3) is 0.316. The highest BCUT2D eigenvalue weighted by Gasteiger charge is 2.20. The number of esters is 1. The van der Waals surface area contributed by atoms with E-state index in [4.69, 9.17) is 13.6 Å². The number of carbonyl (C=O) groups excluding carboxylic acids is 1. The predicted molar refractivity (Wildman–Crippen MR) is 91.7 cm³/mol. The number of fused-ring (bicyclic) bond motifs is 1. The standard InChI is InChI=1S/C19H19N3O4/c1-13(23)25-12-16-5-4-15(26-16)11-22-7-6-17-14(10-22)9-20-19(21-17)18-3-2-8-24-18/h2-5,8-9H,6-7,10-12H2,1H3. The molecule has 1 aliphatic rings. The first kappa shape index (κ1) is 16.5. The molecule has 0 radical (unpaired) electrons. The van der Waals surface area contributed by atoms with Crippen LogP contribution in [0.3, 0.4) is 0 Å². The lowest BCUT2D eigenvalue weighted by atomic mass is 10.1. The van der Waals surface area contributed by atoms with Gasteiger partial charge in [0.2, 0.25) is 0 Å². The molecule has 0 unspecified atom stereocenters. The summed E-state index contributed by atoms with van der Waals surface area (Å²) in [6, 6.07) is 7.46. The molecule has 0 atom stereocenters. The minimum Gasteiger partial charge on any atom is -0.461 e. The molecule has 134 valence electrons. The van der Waals surface area contributed by atoms with Crippen molar-refractivity contribution in [1.29, 1.82) is 0 Å². The Morgan fingerprint density at radius 3 is 3.00 bits per heavy atom. The molecular formula is C19H19N3O4. The largest absolute Gasteiger partial charge is 0.461 e. The molecule has 0 saturated carbocycles. The van der Waals surface area contributed by atoms with Crippen LogP contribution in [0.4, 0.5) is 0 Å². The summed E-state index contributed by atoms with van der Waals surface area (Å²) < 4.78 is 16.0. The second-order valence-corrected chi connectivity index (χ2v) is 6.25. The van der Waals surface area contributed by atoms with Crippen molar-refractivity contribution in [3.63, 3.8) is 0 Å². The Hall–Kier alpha value is -2.93. The number of nitrogens with zero attached hydrogens (tertiary/aromatic N) is 3. The number of rotatable bonds is 5. The van der Waals surface area contributed by atoms with Gasteiger partial charge in [-0.1, -0.05) is 0 Å². The number of hydrogen-bond donors (Lipinski definition) is 0. The van der Waals surface area contributed by atoms with E-state index in [1.807, 2.05) is 30.5 Å². The van der Waals surface area contributed by atoms with Gasteiger partial charge in [0, 0.05) is 38.2 Å². The highest BCUT2D eigenvalue weighted by atomic mass is 16.5. The van der Waals surface area contributed by atoms with Gasteiger partial charge in [0.05, 0.1) is 18.5 Å². The predicted octanol–water partition coefficient (Wildman–Crippen LogP) is 2.95. The van der Waals surface area contributed by atoms with Crippen molar-refractivity contribution >= 4 is 5.97 Å². The number of furan rings is 2. The van der Waals surface area contributed by atoms with Crippen LogP contribution in [0.1, 0.15) is 29.7 Å². The molecule has 1 aliphatic heterocycles. The van der Waals surface area contributed by atoms with Gasteiger partial charge in [0.25, 0.3) is 0 Å². The first-order valence-electron chi connectivity index (χ1n) is 8.49. The molecule has 0 fully saturated rings. The van der Waals surface area contributed by atoms with Crippen LogP contribution in [0.5, 0.6) is 0 Å². The Bertz CT molecular complexity index is 901. The van der Waals surface area contributed by atoms with E-state index in [-0.39, 0.29) is 12.6 Å². The number of ether oxygens (including phenoxy) is 1. The van der Waals surface area contributed by atoms with Crippen molar-refractivity contribution in [2.24, 2.45) is 0 Å². The summed E-state index contributed by atoms with van der Waals surface area (Å²) in [4.78, 5) is 22.2. The molecule has 0 aliphatic carbocycles. The van der Waals surface area contributed by atoms with Crippen LogP contribution in [0.25, 0.3) is 11.6 Å². The van der Waals surface area contributed by atoms with Crippen molar-refractivity contribution in [2.45, 2.75) is 33.0 Å². The van der Waals surface area contributed by atoms with E-state index in [0.717, 1.165) is 36.5 Å². The zero-order chi connectivity index (χ0) is 17.9. The monoisotopic (exact) mass is 353 g/mol. The topological polar surface area (TPSA) is 81.6 Å². The smallest absolute Gasteiger partial charge is 0.303 e. The van der Waals surface area contributed by atoms with Crippen LogP contribution in [-0.4, -0.2) is 27.4 Å². The molecule has 0 spiro atoms. The Balaban J connectivity index is 1.40. The molecule has 3 aromatic rings. The quantitative estimate of drug-likeness (QED) is 0.652. The number of aromatic nitrogens is 2. The normalized spacial score (nSPS) is 14.2. The van der Waals surface area contributed by atoms with Crippen molar-refractivity contribution in [2.75, 3.05) is 6.54 Å². The van der Waals surface area contributed by atoms with Crippen LogP contribution in [0, 0.1) is 0 Å². The van der Waals surface area contributed by atoms with E-state index in [9.17, 15) is 4.79 Å². The van der Waals surface area contributed by atoms with E-state index in [1.165, 1.54) is 6.92 Å². The first-order chi connectivity index (χ1) is 12.7. The summed E-state index contributed by atoms with van der Waals surface area (Å²) >= 11 is 0. The molecule has 3 aromatic heterocycles. The average molecular weight is 353 g/mol. The highest BCUT2D eigenvalue weighted by molar-refractivity contribution is 5.65. The van der Waals surface area contributed by atoms with Crippen molar-refractivity contribution in [3.8, 4) is 11.6 Å². The maximum Gasteiger partial charge on any atom is 0.303 e. The molecule has 26 heavy (non-hydrogen) atoms. The van der Waals surface area contributed by atoms with Gasteiger partial charge in [-0.15, -0.1) is 0 Å². The molecule has 4 rings (SSSR count). The van der Waals surface area contributed by atoms with E-state index >= 15 is 0 Å². The zero-order valence-corrected chi connectivity index (χ0v) is 14.5. The van der Waals surface area contributed by atoms with Crippen LogP contribution in [0.15, 0.2) is 45.6 Å². The minimum atomic E-state index is -0.315. The molecule has 7 nitrogen and oxygen atoms in total. The summed E-state index contributed by atoms with van der Waals surface area (Å²) in [5, 5.41) is 0. The van der Waals surface area contributed by atoms with Gasteiger partial charge >= 0.3 is 5.97 Å². The summed E-state index contributed by atoms with van der Waals surface area (Å²) in [5.74, 6) is 2.50. The third-order valence-corrected chi connectivity index (χ3v) is 4.27. The minimum absolute atomic E-state index is 0.168. The fourth-order valence-corrected chi connectivity index (χ4v) is 3.01. The van der Waals surface area contributed by atoms with Gasteiger partial charge in [-0.3, -0.25) is 9.69 Å². The van der Waals surface area contributed by atoms with Gasteiger partial charge in [-0.05, 0) is 24.3 Å². The van der Waals surface area contributed by atoms with Gasteiger partial charge in [0.15, 0.2) is 11.6 Å². The van der Waals surface area contributed by atoms with Gasteiger partial charge < -0.3 is 13.6 Å². The lowest BCUT2D eigenvalue weighted by Gasteiger charge is -2.27. The molecule has 4 heterocycles. The summed E-state index contributed by atoms with van der Waals surface area (Å²) in [6.07, 6.45) is 4.35. The molecule has 0 bridgehead atoms. The van der Waals surface area contributed by atoms with Crippen LogP contribution in [0.2, 0.25) is 0 Å². The molecule has 0 saturated heterocycles. The van der Waals surface area contributed by atoms with Crippen molar-refractivity contribution in [3.05, 3.63) is 59.5 Å². The Morgan fingerprint density at radius 1 is 1.31 bits per heavy atom. The highest BCUT2D eigenvalue weighted by Crippen LogP contribution is 2.23. The molecule has 7 heteroatoms. The van der Waals surface area contributed by atoms with Crippen molar-refractivity contribution < 1.29 is 18.4 Å². The second kappa shape index (κ2) is 7.13. The van der Waals surface area contributed by atoms with Crippen molar-refractivity contribution in [1.82, 2.24) is 14.9 Å². The summed E-state index contributed by atoms with van der Waals surface area (Å²) in [5.41, 5.74) is 2.19. The lowest BCUT2D eigenvalue weighted by molar-refractivity contribution is -0.142. The van der Waals surface area contributed by atoms with Gasteiger partial charge in [-0.25, -0.2) is 9.97 Å². The Labute approximate surface area is 150 Å². The molecule has 0 aromatic carbocycles. The third kappa shape index (κ3) is 3.67. The van der Waals surface area contributed by atoms with E-state index in [0.29, 0.717) is 23.9 Å². The van der Waals surface area contributed by atoms with Crippen LogP contribution < -0.4 is 0 Å².